The van der Waals surface area contributed by atoms with E-state index in [1.807, 2.05) is 7.11 Å². The Morgan fingerprint density at radius 2 is 1.41 bits per heavy atom. The molecule has 3 nitrogen and oxygen atoms in total. The number of ether oxygens (including phenoxy) is 2. The second-order valence-corrected chi connectivity index (χ2v) is 7.81. The first-order chi connectivity index (χ1) is 10.5. The highest BCUT2D eigenvalue weighted by molar-refractivity contribution is 5.66. The van der Waals surface area contributed by atoms with E-state index in [4.69, 9.17) is 9.47 Å². The molecule has 0 aromatic heterocycles. The van der Waals surface area contributed by atoms with Gasteiger partial charge in [-0.3, -0.25) is 4.79 Å². The molecule has 2 rings (SSSR count). The van der Waals surface area contributed by atoms with E-state index < -0.39 is 0 Å². The lowest BCUT2D eigenvalue weighted by Gasteiger charge is -2.36. The highest BCUT2D eigenvalue weighted by Gasteiger charge is 2.31. The van der Waals surface area contributed by atoms with E-state index in [0.717, 1.165) is 18.3 Å². The van der Waals surface area contributed by atoms with Crippen molar-refractivity contribution in [3.05, 3.63) is 0 Å². The van der Waals surface area contributed by atoms with E-state index >= 15 is 0 Å². The van der Waals surface area contributed by atoms with Crippen molar-refractivity contribution < 1.29 is 14.3 Å². The third-order valence-electron chi connectivity index (χ3n) is 6.00. The van der Waals surface area contributed by atoms with Gasteiger partial charge in [-0.1, -0.05) is 26.7 Å². The fourth-order valence-corrected chi connectivity index (χ4v) is 4.69. The average Bonchev–Trinajstić information content (AvgIpc) is 2.47. The van der Waals surface area contributed by atoms with Crippen LogP contribution in [0.5, 0.6) is 0 Å². The Morgan fingerprint density at radius 1 is 0.909 bits per heavy atom. The molecule has 2 saturated carbocycles. The summed E-state index contributed by atoms with van der Waals surface area (Å²) >= 11 is 0. The number of carbonyl (C=O) groups is 1. The first-order valence-electron chi connectivity index (χ1n) is 9.19. The molecule has 6 atom stereocenters. The van der Waals surface area contributed by atoms with E-state index in [-0.39, 0.29) is 12.1 Å². The molecule has 0 amide bonds. The second-order valence-electron chi connectivity index (χ2n) is 7.81. The van der Waals surface area contributed by atoms with Gasteiger partial charge in [0.05, 0.1) is 6.10 Å². The lowest BCUT2D eigenvalue weighted by molar-refractivity contribution is -0.151. The van der Waals surface area contributed by atoms with Crippen molar-refractivity contribution in [3.63, 3.8) is 0 Å². The molecule has 0 radical (unpaired) electrons. The van der Waals surface area contributed by atoms with E-state index in [0.29, 0.717) is 17.9 Å². The van der Waals surface area contributed by atoms with Gasteiger partial charge >= 0.3 is 5.97 Å². The number of esters is 1. The van der Waals surface area contributed by atoms with E-state index in [1.165, 1.54) is 51.9 Å². The Labute approximate surface area is 136 Å². The van der Waals surface area contributed by atoms with Crippen LogP contribution in [0.25, 0.3) is 0 Å². The summed E-state index contributed by atoms with van der Waals surface area (Å²) in [4.78, 5) is 11.1. The SMILES string of the molecule is COC1CCC(CCC2CCC(OC(C)=O)C(C)C2)CC1C. The number of carbonyl (C=O) groups excluding carboxylic acids is 1. The maximum atomic E-state index is 11.1. The average molecular weight is 310 g/mol. The summed E-state index contributed by atoms with van der Waals surface area (Å²) in [5.74, 6) is 2.83. The molecule has 2 aliphatic rings. The molecule has 0 heterocycles. The predicted molar refractivity (Wildman–Crippen MR) is 88.6 cm³/mol. The Morgan fingerprint density at radius 3 is 1.82 bits per heavy atom. The van der Waals surface area contributed by atoms with Crippen LogP contribution in [-0.4, -0.2) is 25.3 Å². The van der Waals surface area contributed by atoms with Crippen molar-refractivity contribution >= 4 is 5.97 Å². The molecule has 22 heavy (non-hydrogen) atoms. The van der Waals surface area contributed by atoms with Crippen LogP contribution in [0, 0.1) is 23.7 Å². The molecular weight excluding hydrogens is 276 g/mol. The van der Waals surface area contributed by atoms with Crippen LogP contribution in [0.4, 0.5) is 0 Å². The molecule has 3 heteroatoms. The summed E-state index contributed by atoms with van der Waals surface area (Å²) in [5, 5.41) is 0. The van der Waals surface area contributed by atoms with Gasteiger partial charge in [0, 0.05) is 14.0 Å². The maximum Gasteiger partial charge on any atom is 0.302 e. The van der Waals surface area contributed by atoms with Crippen molar-refractivity contribution in [2.24, 2.45) is 23.7 Å². The summed E-state index contributed by atoms with van der Waals surface area (Å²) in [5.41, 5.74) is 0. The monoisotopic (exact) mass is 310 g/mol. The standard InChI is InChI=1S/C19H34O3/c1-13-11-16(7-9-18(13)21-4)5-6-17-8-10-19(14(2)12-17)22-15(3)20/h13-14,16-19H,5-12H2,1-4H3. The van der Waals surface area contributed by atoms with Gasteiger partial charge in [0.15, 0.2) is 0 Å². The number of hydrogen-bond acceptors (Lipinski definition) is 3. The summed E-state index contributed by atoms with van der Waals surface area (Å²) in [6.45, 7) is 6.11. The Balaban J connectivity index is 1.69. The molecular formula is C19H34O3. The highest BCUT2D eigenvalue weighted by Crippen LogP contribution is 2.38. The molecule has 6 unspecified atom stereocenters. The van der Waals surface area contributed by atoms with Crippen LogP contribution in [-0.2, 0) is 14.3 Å². The molecule has 128 valence electrons. The lowest BCUT2D eigenvalue weighted by atomic mass is 9.74. The van der Waals surface area contributed by atoms with Crippen LogP contribution in [0.2, 0.25) is 0 Å². The van der Waals surface area contributed by atoms with E-state index in [2.05, 4.69) is 13.8 Å². The van der Waals surface area contributed by atoms with Crippen molar-refractivity contribution in [1.82, 2.24) is 0 Å². The molecule has 0 saturated heterocycles. The Kier molecular flexibility index (Phi) is 6.73. The minimum absolute atomic E-state index is 0.126. The minimum Gasteiger partial charge on any atom is -0.462 e. The summed E-state index contributed by atoms with van der Waals surface area (Å²) in [7, 11) is 1.85. The Bertz CT molecular complexity index is 355. The van der Waals surface area contributed by atoms with Crippen molar-refractivity contribution in [2.75, 3.05) is 7.11 Å². The number of methoxy groups -OCH3 is 1. The summed E-state index contributed by atoms with van der Waals surface area (Å²) in [6.07, 6.45) is 10.8. The van der Waals surface area contributed by atoms with Crippen LogP contribution >= 0.6 is 0 Å². The zero-order valence-corrected chi connectivity index (χ0v) is 14.8. The maximum absolute atomic E-state index is 11.1. The molecule has 2 fully saturated rings. The van der Waals surface area contributed by atoms with Gasteiger partial charge in [-0.25, -0.2) is 0 Å². The Hall–Kier alpha value is -0.570. The molecule has 0 aromatic carbocycles. The first kappa shape index (κ1) is 17.8. The fraction of sp³-hybridized carbons (Fsp3) is 0.947. The quantitative estimate of drug-likeness (QED) is 0.697. The largest absolute Gasteiger partial charge is 0.462 e. The third kappa shape index (κ3) is 4.97. The molecule has 0 N–H and O–H groups in total. The van der Waals surface area contributed by atoms with Gasteiger partial charge in [0.2, 0.25) is 0 Å². The summed E-state index contributed by atoms with van der Waals surface area (Å²) < 4.78 is 11.0. The van der Waals surface area contributed by atoms with Crippen LogP contribution in [0.15, 0.2) is 0 Å². The first-order valence-corrected chi connectivity index (χ1v) is 9.19. The zero-order chi connectivity index (χ0) is 16.1. The van der Waals surface area contributed by atoms with E-state index in [1.54, 1.807) is 0 Å². The molecule has 0 spiro atoms. The van der Waals surface area contributed by atoms with Gasteiger partial charge in [-0.05, 0) is 62.2 Å². The van der Waals surface area contributed by atoms with Crippen LogP contribution in [0.1, 0.15) is 72.1 Å². The van der Waals surface area contributed by atoms with Gasteiger partial charge < -0.3 is 9.47 Å². The van der Waals surface area contributed by atoms with Crippen molar-refractivity contribution in [2.45, 2.75) is 84.3 Å². The smallest absolute Gasteiger partial charge is 0.302 e. The minimum atomic E-state index is -0.126. The second kappa shape index (κ2) is 8.33. The number of rotatable bonds is 5. The zero-order valence-electron chi connectivity index (χ0n) is 14.8. The summed E-state index contributed by atoms with van der Waals surface area (Å²) in [6, 6.07) is 0. The topological polar surface area (TPSA) is 35.5 Å². The van der Waals surface area contributed by atoms with Gasteiger partial charge in [-0.15, -0.1) is 0 Å². The van der Waals surface area contributed by atoms with Crippen LogP contribution in [0.3, 0.4) is 0 Å². The van der Waals surface area contributed by atoms with Gasteiger partial charge in [0.1, 0.15) is 6.10 Å². The molecule has 2 aliphatic carbocycles. The normalized spacial score (nSPS) is 39.5. The van der Waals surface area contributed by atoms with Gasteiger partial charge in [-0.2, -0.15) is 0 Å². The molecule has 0 bridgehead atoms. The molecule has 0 aromatic rings. The van der Waals surface area contributed by atoms with Crippen molar-refractivity contribution in [1.29, 1.82) is 0 Å². The fourth-order valence-electron chi connectivity index (χ4n) is 4.69. The molecule has 0 aliphatic heterocycles. The van der Waals surface area contributed by atoms with E-state index in [9.17, 15) is 4.79 Å². The van der Waals surface area contributed by atoms with Gasteiger partial charge in [0.25, 0.3) is 0 Å². The lowest BCUT2D eigenvalue weighted by Crippen LogP contribution is -2.32. The van der Waals surface area contributed by atoms with Crippen molar-refractivity contribution in [3.8, 4) is 0 Å². The predicted octanol–water partition coefficient (Wildman–Crippen LogP) is 4.59. The highest BCUT2D eigenvalue weighted by atomic mass is 16.5. The number of hydrogen-bond donors (Lipinski definition) is 0. The third-order valence-corrected chi connectivity index (χ3v) is 6.00. The van der Waals surface area contributed by atoms with Crippen LogP contribution < -0.4 is 0 Å².